The van der Waals surface area contributed by atoms with Gasteiger partial charge in [-0.2, -0.15) is 10.5 Å². The highest BCUT2D eigenvalue weighted by atomic mass is 16.7. The Balaban J connectivity index is 1.90. The largest absolute Gasteiger partial charge is 0.458 e. The molecule has 0 fully saturated rings. The number of nitriles is 2. The van der Waals surface area contributed by atoms with Gasteiger partial charge in [-0.25, -0.2) is 4.79 Å². The summed E-state index contributed by atoms with van der Waals surface area (Å²) < 4.78 is 15.9. The van der Waals surface area contributed by atoms with Crippen LogP contribution in [0.2, 0.25) is 0 Å². The Bertz CT molecular complexity index is 991. The summed E-state index contributed by atoms with van der Waals surface area (Å²) in [5.41, 5.74) is 1.52. The van der Waals surface area contributed by atoms with E-state index in [1.807, 2.05) is 24.3 Å². The molecule has 29 heavy (non-hydrogen) atoms. The molecule has 6 nitrogen and oxygen atoms in total. The second-order valence-corrected chi connectivity index (χ2v) is 5.71. The summed E-state index contributed by atoms with van der Waals surface area (Å²) in [4.78, 5) is 11.9. The second kappa shape index (κ2) is 10.8. The molecule has 0 bridgehead atoms. The van der Waals surface area contributed by atoms with Crippen LogP contribution >= 0.6 is 0 Å². The van der Waals surface area contributed by atoms with Crippen molar-refractivity contribution >= 4 is 18.1 Å². The molecule has 2 aromatic carbocycles. The van der Waals surface area contributed by atoms with Gasteiger partial charge in [0.25, 0.3) is 0 Å². The lowest BCUT2D eigenvalue weighted by Gasteiger charge is -2.09. The van der Waals surface area contributed by atoms with Crippen molar-refractivity contribution in [2.75, 3.05) is 13.4 Å². The molecule has 144 valence electrons. The number of rotatable bonds is 9. The van der Waals surface area contributed by atoms with Gasteiger partial charge in [0.05, 0.1) is 11.6 Å². The van der Waals surface area contributed by atoms with E-state index in [0.29, 0.717) is 17.1 Å². The van der Waals surface area contributed by atoms with Gasteiger partial charge in [-0.05, 0) is 41.5 Å². The average Bonchev–Trinajstić information content (AvgIpc) is 2.77. The third-order valence-electron chi connectivity index (χ3n) is 3.63. The van der Waals surface area contributed by atoms with Crippen LogP contribution in [0.4, 0.5) is 0 Å². The van der Waals surface area contributed by atoms with Gasteiger partial charge in [-0.3, -0.25) is 0 Å². The number of carbonyl (C=O) groups excluding carboxylic acids is 1. The maximum absolute atomic E-state index is 11.9. The fourth-order valence-electron chi connectivity index (χ4n) is 2.09. The maximum Gasteiger partial charge on any atom is 0.349 e. The molecule has 0 heterocycles. The minimum atomic E-state index is -0.819. The van der Waals surface area contributed by atoms with E-state index in [-0.39, 0.29) is 24.5 Å². The summed E-state index contributed by atoms with van der Waals surface area (Å²) >= 11 is 0. The van der Waals surface area contributed by atoms with Gasteiger partial charge in [0, 0.05) is 0 Å². The van der Waals surface area contributed by atoms with Gasteiger partial charge < -0.3 is 14.2 Å². The van der Waals surface area contributed by atoms with E-state index in [1.54, 1.807) is 42.5 Å². The average molecular weight is 386 g/mol. The van der Waals surface area contributed by atoms with Gasteiger partial charge in [-0.15, -0.1) is 0 Å². The lowest BCUT2D eigenvalue weighted by Crippen LogP contribution is -2.08. The Morgan fingerprint density at radius 1 is 0.931 bits per heavy atom. The van der Waals surface area contributed by atoms with E-state index < -0.39 is 5.97 Å². The van der Waals surface area contributed by atoms with E-state index in [4.69, 9.17) is 24.7 Å². The quantitative estimate of drug-likeness (QED) is 0.276. The number of ether oxygens (including phenoxy) is 3. The zero-order valence-electron chi connectivity index (χ0n) is 15.6. The third-order valence-corrected chi connectivity index (χ3v) is 3.63. The molecule has 0 aromatic heterocycles. The van der Waals surface area contributed by atoms with Crippen molar-refractivity contribution in [3.8, 4) is 23.6 Å². The molecule has 0 N–H and O–H groups in total. The summed E-state index contributed by atoms with van der Waals surface area (Å²) in [6.07, 6.45) is 3.13. The lowest BCUT2D eigenvalue weighted by molar-refractivity contribution is -0.137. The minimum absolute atomic E-state index is 0.0289. The van der Waals surface area contributed by atoms with E-state index in [0.717, 1.165) is 5.56 Å². The maximum atomic E-state index is 11.9. The van der Waals surface area contributed by atoms with Crippen LogP contribution in [-0.2, 0) is 9.53 Å². The highest BCUT2D eigenvalue weighted by Gasteiger charge is 2.11. The number of hydrogen-bond donors (Lipinski definition) is 0. The Labute approximate surface area is 169 Å². The highest BCUT2D eigenvalue weighted by Crippen LogP contribution is 2.17. The predicted octanol–water partition coefficient (Wildman–Crippen LogP) is 4.27. The normalized spacial score (nSPS) is 10.2. The number of hydrogen-bond acceptors (Lipinski definition) is 6. The van der Waals surface area contributed by atoms with Crippen LogP contribution in [0.25, 0.3) is 12.2 Å². The first-order valence-electron chi connectivity index (χ1n) is 8.50. The van der Waals surface area contributed by atoms with Crippen LogP contribution in [0.15, 0.2) is 72.8 Å². The van der Waals surface area contributed by atoms with Crippen LogP contribution in [-0.4, -0.2) is 19.4 Å². The summed E-state index contributed by atoms with van der Waals surface area (Å²) in [5, 5.41) is 17.7. The van der Waals surface area contributed by atoms with Crippen molar-refractivity contribution in [1.29, 1.82) is 10.5 Å². The van der Waals surface area contributed by atoms with E-state index in [2.05, 4.69) is 13.2 Å². The molecule has 0 unspecified atom stereocenters. The molecule has 2 rings (SSSR count). The summed E-state index contributed by atoms with van der Waals surface area (Å²) in [7, 11) is 0. The lowest BCUT2D eigenvalue weighted by atomic mass is 10.1. The first-order chi connectivity index (χ1) is 14.0. The molecule has 0 aliphatic rings. The van der Waals surface area contributed by atoms with Crippen molar-refractivity contribution in [2.24, 2.45) is 0 Å². The number of nitrogens with zero attached hydrogens (tertiary/aromatic N) is 2. The number of carbonyl (C=O) groups is 1. The number of esters is 1. The molecular formula is C23H18N2O4. The van der Waals surface area contributed by atoms with Gasteiger partial charge >= 0.3 is 5.97 Å². The second-order valence-electron chi connectivity index (χ2n) is 5.71. The van der Waals surface area contributed by atoms with E-state index in [9.17, 15) is 4.79 Å². The zero-order valence-corrected chi connectivity index (χ0v) is 15.6. The summed E-state index contributed by atoms with van der Waals surface area (Å²) in [6, 6.07) is 17.7. The summed E-state index contributed by atoms with van der Waals surface area (Å²) in [5.74, 6) is 0.419. The van der Waals surface area contributed by atoms with Crippen molar-refractivity contribution in [3.63, 3.8) is 0 Å². The first kappa shape index (κ1) is 21.0. The molecule has 2 aromatic rings. The fourth-order valence-corrected chi connectivity index (χ4v) is 2.09. The van der Waals surface area contributed by atoms with E-state index in [1.165, 1.54) is 6.08 Å². The fraction of sp³-hybridized carbons (Fsp3) is 0.0870. The molecule has 0 aliphatic heterocycles. The van der Waals surface area contributed by atoms with Crippen molar-refractivity contribution in [3.05, 3.63) is 84.0 Å². The van der Waals surface area contributed by atoms with Gasteiger partial charge in [-0.1, -0.05) is 43.5 Å². The van der Waals surface area contributed by atoms with Crippen LogP contribution in [0, 0.1) is 22.7 Å². The Morgan fingerprint density at radius 2 is 1.48 bits per heavy atom. The highest BCUT2D eigenvalue weighted by molar-refractivity contribution is 5.98. The molecule has 0 saturated carbocycles. The van der Waals surface area contributed by atoms with E-state index >= 15 is 0 Å². The van der Waals surface area contributed by atoms with Gasteiger partial charge in [0.1, 0.15) is 29.7 Å². The Hall–Kier alpha value is -4.29. The number of benzene rings is 2. The Morgan fingerprint density at radius 3 is 1.97 bits per heavy atom. The standard InChI is InChI=1S/C23H18N2O4/c1-3-18-4-8-21(9-5-18)28-16-29-22-10-6-19(7-11-22)12-20(14-25)23(26)27-15-17(2)13-24/h3-12H,1-2,15-16H2. The summed E-state index contributed by atoms with van der Waals surface area (Å²) in [6.45, 7) is 6.88. The van der Waals surface area contributed by atoms with Crippen LogP contribution < -0.4 is 9.47 Å². The molecule has 0 spiro atoms. The van der Waals surface area contributed by atoms with Crippen LogP contribution in [0.3, 0.4) is 0 Å². The van der Waals surface area contributed by atoms with Crippen LogP contribution in [0.1, 0.15) is 11.1 Å². The minimum Gasteiger partial charge on any atom is -0.458 e. The van der Waals surface area contributed by atoms with Crippen molar-refractivity contribution < 1.29 is 19.0 Å². The van der Waals surface area contributed by atoms with Crippen molar-refractivity contribution in [2.45, 2.75) is 0 Å². The van der Waals surface area contributed by atoms with Gasteiger partial charge in [0.15, 0.2) is 0 Å². The first-order valence-corrected chi connectivity index (χ1v) is 8.50. The smallest absolute Gasteiger partial charge is 0.349 e. The molecule has 6 heteroatoms. The molecule has 0 atom stereocenters. The molecule has 0 amide bonds. The molecule has 0 radical (unpaired) electrons. The molecule has 0 aliphatic carbocycles. The zero-order chi connectivity index (χ0) is 21.1. The molecule has 0 saturated heterocycles. The predicted molar refractivity (Wildman–Crippen MR) is 108 cm³/mol. The SMILES string of the molecule is C=Cc1ccc(OCOc2ccc(C=C(C#N)C(=O)OCC(=C)C#N)cc2)cc1. The third kappa shape index (κ3) is 6.74. The van der Waals surface area contributed by atoms with Crippen molar-refractivity contribution in [1.82, 2.24) is 0 Å². The molecular weight excluding hydrogens is 368 g/mol. The monoisotopic (exact) mass is 386 g/mol. The topological polar surface area (TPSA) is 92.3 Å². The van der Waals surface area contributed by atoms with Gasteiger partial charge in [0.2, 0.25) is 6.79 Å². The van der Waals surface area contributed by atoms with Crippen LogP contribution in [0.5, 0.6) is 11.5 Å². The Kier molecular flexibility index (Phi) is 7.80.